The van der Waals surface area contributed by atoms with E-state index in [0.717, 1.165) is 0 Å². The summed E-state index contributed by atoms with van der Waals surface area (Å²) in [5.41, 5.74) is 5.77. The topological polar surface area (TPSA) is 86.9 Å². The monoisotopic (exact) mass is 257 g/mol. The van der Waals surface area contributed by atoms with Crippen LogP contribution in [0.3, 0.4) is 0 Å². The Morgan fingerprint density at radius 1 is 1.22 bits per heavy atom. The van der Waals surface area contributed by atoms with Gasteiger partial charge in [-0.2, -0.15) is 0 Å². The number of rotatable bonds is 3. The second-order valence-corrected chi connectivity index (χ2v) is 5.39. The van der Waals surface area contributed by atoms with Gasteiger partial charge >= 0.3 is 12.0 Å². The van der Waals surface area contributed by atoms with Crippen molar-refractivity contribution in [2.45, 2.75) is 45.8 Å². The SMILES string of the molecule is CC(C)N(C(=O)N1C[C@@H](N)[C@@H](C(=O)O)C1)C(C)C. The van der Waals surface area contributed by atoms with Gasteiger partial charge in [-0.3, -0.25) is 4.79 Å². The molecule has 2 amide bonds. The van der Waals surface area contributed by atoms with Crippen LogP contribution in [-0.4, -0.2) is 58.1 Å². The first-order valence-corrected chi connectivity index (χ1v) is 6.31. The number of urea groups is 1. The predicted octanol–water partition coefficient (Wildman–Crippen LogP) is 0.569. The highest BCUT2D eigenvalue weighted by atomic mass is 16.4. The first kappa shape index (κ1) is 14.8. The third-order valence-corrected chi connectivity index (χ3v) is 3.29. The Hall–Kier alpha value is -1.30. The Morgan fingerprint density at radius 2 is 1.72 bits per heavy atom. The minimum Gasteiger partial charge on any atom is -0.481 e. The van der Waals surface area contributed by atoms with Crippen molar-refractivity contribution in [3.05, 3.63) is 0 Å². The summed E-state index contributed by atoms with van der Waals surface area (Å²) in [6, 6.07) is -0.443. The predicted molar refractivity (Wildman–Crippen MR) is 68.2 cm³/mol. The molecule has 3 N–H and O–H groups in total. The Morgan fingerprint density at radius 3 is 2.06 bits per heavy atom. The van der Waals surface area contributed by atoms with Crippen LogP contribution in [0.4, 0.5) is 4.79 Å². The average Bonchev–Trinajstić information content (AvgIpc) is 2.59. The maximum Gasteiger partial charge on any atom is 0.320 e. The van der Waals surface area contributed by atoms with Gasteiger partial charge in [0.05, 0.1) is 5.92 Å². The van der Waals surface area contributed by atoms with E-state index in [0.29, 0.717) is 6.54 Å². The van der Waals surface area contributed by atoms with Gasteiger partial charge < -0.3 is 20.6 Å². The highest BCUT2D eigenvalue weighted by Crippen LogP contribution is 2.19. The Balaban J connectivity index is 2.77. The highest BCUT2D eigenvalue weighted by Gasteiger charge is 2.39. The van der Waals surface area contributed by atoms with Crippen LogP contribution in [0, 0.1) is 5.92 Å². The fraction of sp³-hybridized carbons (Fsp3) is 0.833. The lowest BCUT2D eigenvalue weighted by atomic mass is 10.1. The Bertz CT molecular complexity index is 323. The summed E-state index contributed by atoms with van der Waals surface area (Å²) >= 11 is 0. The molecule has 1 aliphatic heterocycles. The van der Waals surface area contributed by atoms with Crippen LogP contribution in [0.15, 0.2) is 0 Å². The molecule has 104 valence electrons. The van der Waals surface area contributed by atoms with Crippen LogP contribution in [0.5, 0.6) is 0 Å². The van der Waals surface area contributed by atoms with E-state index >= 15 is 0 Å². The lowest BCUT2D eigenvalue weighted by molar-refractivity contribution is -0.141. The zero-order valence-corrected chi connectivity index (χ0v) is 11.5. The quantitative estimate of drug-likeness (QED) is 0.773. The molecule has 6 nitrogen and oxygen atoms in total. The van der Waals surface area contributed by atoms with E-state index in [1.807, 2.05) is 27.7 Å². The van der Waals surface area contributed by atoms with Gasteiger partial charge in [-0.15, -0.1) is 0 Å². The van der Waals surface area contributed by atoms with Gasteiger partial charge in [-0.05, 0) is 27.7 Å². The second kappa shape index (κ2) is 5.56. The number of carbonyl (C=O) groups is 2. The smallest absolute Gasteiger partial charge is 0.320 e. The van der Waals surface area contributed by atoms with Gasteiger partial charge in [0, 0.05) is 31.2 Å². The normalized spacial score (nSPS) is 23.8. The summed E-state index contributed by atoms with van der Waals surface area (Å²) in [6.45, 7) is 8.30. The van der Waals surface area contributed by atoms with E-state index in [2.05, 4.69) is 0 Å². The number of hydrogen-bond acceptors (Lipinski definition) is 3. The summed E-state index contributed by atoms with van der Waals surface area (Å²) in [7, 11) is 0. The van der Waals surface area contributed by atoms with Gasteiger partial charge in [-0.25, -0.2) is 4.79 Å². The first-order valence-electron chi connectivity index (χ1n) is 6.31. The molecular weight excluding hydrogens is 234 g/mol. The highest BCUT2D eigenvalue weighted by molar-refractivity contribution is 5.78. The van der Waals surface area contributed by atoms with Gasteiger partial charge in [0.15, 0.2) is 0 Å². The van der Waals surface area contributed by atoms with Crippen molar-refractivity contribution in [1.82, 2.24) is 9.80 Å². The molecule has 6 heteroatoms. The van der Waals surface area contributed by atoms with Gasteiger partial charge in [0.25, 0.3) is 0 Å². The van der Waals surface area contributed by atoms with Crippen LogP contribution in [0.25, 0.3) is 0 Å². The zero-order valence-electron chi connectivity index (χ0n) is 11.5. The molecule has 0 unspecified atom stereocenters. The number of nitrogens with two attached hydrogens (primary N) is 1. The molecule has 0 aromatic heterocycles. The van der Waals surface area contributed by atoms with Crippen LogP contribution in [0.2, 0.25) is 0 Å². The molecule has 2 atom stereocenters. The van der Waals surface area contributed by atoms with Crippen LogP contribution < -0.4 is 5.73 Å². The van der Waals surface area contributed by atoms with Crippen molar-refractivity contribution in [3.8, 4) is 0 Å². The van der Waals surface area contributed by atoms with E-state index in [1.165, 1.54) is 0 Å². The number of amides is 2. The van der Waals surface area contributed by atoms with E-state index in [9.17, 15) is 9.59 Å². The Kier molecular flexibility index (Phi) is 4.56. The van der Waals surface area contributed by atoms with Crippen molar-refractivity contribution in [2.24, 2.45) is 11.7 Å². The van der Waals surface area contributed by atoms with Crippen LogP contribution >= 0.6 is 0 Å². The van der Waals surface area contributed by atoms with Gasteiger partial charge in [-0.1, -0.05) is 0 Å². The molecule has 0 bridgehead atoms. The largest absolute Gasteiger partial charge is 0.481 e. The van der Waals surface area contributed by atoms with Crippen LogP contribution in [-0.2, 0) is 4.79 Å². The van der Waals surface area contributed by atoms with Crippen molar-refractivity contribution in [3.63, 3.8) is 0 Å². The number of aliphatic carboxylic acids is 1. The number of nitrogens with zero attached hydrogens (tertiary/aromatic N) is 2. The molecule has 0 aromatic rings. The van der Waals surface area contributed by atoms with E-state index in [4.69, 9.17) is 10.8 Å². The molecule has 1 heterocycles. The minimum atomic E-state index is -0.932. The Labute approximate surface area is 108 Å². The lowest BCUT2D eigenvalue weighted by Gasteiger charge is -2.34. The molecule has 1 saturated heterocycles. The zero-order chi connectivity index (χ0) is 14.0. The molecule has 1 rings (SSSR count). The number of carbonyl (C=O) groups excluding carboxylic acids is 1. The van der Waals surface area contributed by atoms with Crippen molar-refractivity contribution in [1.29, 1.82) is 0 Å². The summed E-state index contributed by atoms with van der Waals surface area (Å²) in [4.78, 5) is 26.6. The molecule has 0 aliphatic carbocycles. The maximum absolute atomic E-state index is 12.3. The third kappa shape index (κ3) is 2.93. The van der Waals surface area contributed by atoms with E-state index in [1.54, 1.807) is 9.80 Å². The van der Waals surface area contributed by atoms with Crippen LogP contribution in [0.1, 0.15) is 27.7 Å². The molecular formula is C12H23N3O3. The molecule has 0 aromatic carbocycles. The summed E-state index contributed by atoms with van der Waals surface area (Å²) in [5.74, 6) is -1.59. The second-order valence-electron chi connectivity index (χ2n) is 5.39. The number of likely N-dealkylation sites (tertiary alicyclic amines) is 1. The molecule has 0 radical (unpaired) electrons. The standard InChI is InChI=1S/C12H23N3O3/c1-7(2)15(8(3)4)12(18)14-5-9(11(16)17)10(13)6-14/h7-10H,5-6,13H2,1-4H3,(H,16,17)/t9-,10+/m0/s1. The van der Waals surface area contributed by atoms with Gasteiger partial charge in [0.1, 0.15) is 0 Å². The minimum absolute atomic E-state index is 0.0811. The molecule has 18 heavy (non-hydrogen) atoms. The fourth-order valence-electron chi connectivity index (χ4n) is 2.45. The summed E-state index contributed by atoms with van der Waals surface area (Å²) < 4.78 is 0. The lowest BCUT2D eigenvalue weighted by Crippen LogP contribution is -2.49. The number of carboxylic acid groups (broad SMARTS) is 1. The average molecular weight is 257 g/mol. The summed E-state index contributed by atoms with van der Waals surface area (Å²) in [5, 5.41) is 9.01. The third-order valence-electron chi connectivity index (χ3n) is 3.29. The molecule has 0 saturated carbocycles. The summed E-state index contributed by atoms with van der Waals surface area (Å²) in [6.07, 6.45) is 0. The molecule has 1 fully saturated rings. The van der Waals surface area contributed by atoms with Crippen molar-refractivity contribution >= 4 is 12.0 Å². The van der Waals surface area contributed by atoms with E-state index < -0.39 is 17.9 Å². The molecule has 1 aliphatic rings. The van der Waals surface area contributed by atoms with Crippen molar-refractivity contribution in [2.75, 3.05) is 13.1 Å². The number of hydrogen-bond donors (Lipinski definition) is 2. The van der Waals surface area contributed by atoms with E-state index in [-0.39, 0.29) is 24.7 Å². The molecule has 0 spiro atoms. The first-order chi connectivity index (χ1) is 8.25. The number of carboxylic acids is 1. The maximum atomic E-state index is 12.3. The fourth-order valence-corrected chi connectivity index (χ4v) is 2.45. The van der Waals surface area contributed by atoms with Crippen molar-refractivity contribution < 1.29 is 14.7 Å². The van der Waals surface area contributed by atoms with Gasteiger partial charge in [0.2, 0.25) is 0 Å².